The van der Waals surface area contributed by atoms with Crippen LogP contribution in [-0.4, -0.2) is 27.1 Å². The largest absolute Gasteiger partial charge is 0.485 e. The second kappa shape index (κ2) is 8.04. The van der Waals surface area contributed by atoms with Gasteiger partial charge in [0.1, 0.15) is 5.75 Å². The third-order valence-electron chi connectivity index (χ3n) is 4.93. The molecule has 4 nitrogen and oxygen atoms in total. The van der Waals surface area contributed by atoms with E-state index >= 15 is 0 Å². The van der Waals surface area contributed by atoms with Gasteiger partial charge in [-0.3, -0.25) is 4.79 Å². The molecule has 1 saturated carbocycles. The molecule has 0 atom stereocenters. The molecule has 0 amide bonds. The SMILES string of the molecule is CS(=O)(=O)c1ccc(OCC(=O)c2ccc(C3CCCCC3)cc2)cc1. The van der Waals surface area contributed by atoms with Gasteiger partial charge in [0.25, 0.3) is 0 Å². The summed E-state index contributed by atoms with van der Waals surface area (Å²) < 4.78 is 28.4. The number of rotatable bonds is 6. The van der Waals surface area contributed by atoms with E-state index in [9.17, 15) is 13.2 Å². The maximum Gasteiger partial charge on any atom is 0.200 e. The summed E-state index contributed by atoms with van der Waals surface area (Å²) in [6, 6.07) is 14.0. The number of ether oxygens (including phenoxy) is 1. The van der Waals surface area contributed by atoms with E-state index in [-0.39, 0.29) is 17.3 Å². The standard InChI is InChI=1S/C21H24O4S/c1-26(23,24)20-13-11-19(12-14-20)25-15-21(22)18-9-7-17(8-10-18)16-5-3-2-4-6-16/h7-14,16H,2-6,15H2,1H3. The highest BCUT2D eigenvalue weighted by Crippen LogP contribution is 2.32. The molecule has 0 heterocycles. The zero-order valence-corrected chi connectivity index (χ0v) is 15.8. The van der Waals surface area contributed by atoms with Crippen LogP contribution >= 0.6 is 0 Å². The van der Waals surface area contributed by atoms with Gasteiger partial charge in [-0.2, -0.15) is 0 Å². The Labute approximate surface area is 155 Å². The summed E-state index contributed by atoms with van der Waals surface area (Å²) in [5, 5.41) is 0. The van der Waals surface area contributed by atoms with Crippen molar-refractivity contribution in [3.05, 3.63) is 59.7 Å². The Morgan fingerprint density at radius 3 is 2.15 bits per heavy atom. The van der Waals surface area contributed by atoms with Gasteiger partial charge >= 0.3 is 0 Å². The molecule has 0 saturated heterocycles. The van der Waals surface area contributed by atoms with Gasteiger partial charge in [-0.05, 0) is 48.6 Å². The molecule has 0 bridgehead atoms. The lowest BCUT2D eigenvalue weighted by Crippen LogP contribution is -2.12. The normalized spacial score (nSPS) is 15.6. The van der Waals surface area contributed by atoms with Crippen LogP contribution in [-0.2, 0) is 9.84 Å². The lowest BCUT2D eigenvalue weighted by Gasteiger charge is -2.22. The Hall–Kier alpha value is -2.14. The molecule has 2 aromatic carbocycles. The van der Waals surface area contributed by atoms with Crippen LogP contribution in [0.1, 0.15) is 53.9 Å². The number of benzene rings is 2. The molecule has 0 aromatic heterocycles. The third-order valence-corrected chi connectivity index (χ3v) is 6.06. The second-order valence-electron chi connectivity index (χ2n) is 6.91. The van der Waals surface area contributed by atoms with E-state index in [0.717, 1.165) is 6.26 Å². The van der Waals surface area contributed by atoms with E-state index in [1.165, 1.54) is 49.8 Å². The van der Waals surface area contributed by atoms with Crippen LogP contribution in [0, 0.1) is 0 Å². The predicted octanol–water partition coefficient (Wildman–Crippen LogP) is 4.40. The Balaban J connectivity index is 1.57. The van der Waals surface area contributed by atoms with Crippen LogP contribution in [0.25, 0.3) is 0 Å². The summed E-state index contributed by atoms with van der Waals surface area (Å²) in [4.78, 5) is 12.5. The predicted molar refractivity (Wildman–Crippen MR) is 102 cm³/mol. The quantitative estimate of drug-likeness (QED) is 0.705. The van der Waals surface area contributed by atoms with Crippen molar-refractivity contribution in [3.8, 4) is 5.75 Å². The smallest absolute Gasteiger partial charge is 0.200 e. The summed E-state index contributed by atoms with van der Waals surface area (Å²) >= 11 is 0. The minimum absolute atomic E-state index is 0.0685. The monoisotopic (exact) mass is 372 g/mol. The molecule has 0 unspecified atom stereocenters. The van der Waals surface area contributed by atoms with Crippen molar-refractivity contribution in [2.24, 2.45) is 0 Å². The van der Waals surface area contributed by atoms with Crippen LogP contribution in [0.3, 0.4) is 0 Å². The topological polar surface area (TPSA) is 60.4 Å². The third kappa shape index (κ3) is 4.73. The Morgan fingerprint density at radius 2 is 1.58 bits per heavy atom. The van der Waals surface area contributed by atoms with Gasteiger partial charge in [0, 0.05) is 11.8 Å². The Kier molecular flexibility index (Phi) is 5.77. The Morgan fingerprint density at radius 1 is 0.962 bits per heavy atom. The number of hydrogen-bond acceptors (Lipinski definition) is 4. The molecule has 1 aliphatic carbocycles. The van der Waals surface area contributed by atoms with Crippen molar-refractivity contribution in [1.82, 2.24) is 0 Å². The molecule has 1 aliphatic rings. The van der Waals surface area contributed by atoms with E-state index < -0.39 is 9.84 Å². The summed E-state index contributed by atoms with van der Waals surface area (Å²) in [5.74, 6) is 1.01. The summed E-state index contributed by atoms with van der Waals surface area (Å²) in [6.45, 7) is -0.0685. The molecule has 2 aromatic rings. The van der Waals surface area contributed by atoms with Crippen LogP contribution in [0.15, 0.2) is 53.4 Å². The summed E-state index contributed by atoms with van der Waals surface area (Å²) in [5.41, 5.74) is 1.95. The Bertz CT molecular complexity index is 846. The average molecular weight is 372 g/mol. The van der Waals surface area contributed by atoms with Gasteiger partial charge in [-0.1, -0.05) is 43.5 Å². The van der Waals surface area contributed by atoms with Crippen molar-refractivity contribution in [2.45, 2.75) is 42.9 Å². The fraction of sp³-hybridized carbons (Fsp3) is 0.381. The first-order valence-electron chi connectivity index (χ1n) is 8.99. The zero-order chi connectivity index (χ0) is 18.6. The minimum Gasteiger partial charge on any atom is -0.485 e. The summed E-state index contributed by atoms with van der Waals surface area (Å²) in [7, 11) is -3.23. The van der Waals surface area contributed by atoms with Gasteiger partial charge in [0.2, 0.25) is 0 Å². The molecule has 0 aliphatic heterocycles. The van der Waals surface area contributed by atoms with E-state index in [1.807, 2.05) is 12.1 Å². The summed E-state index contributed by atoms with van der Waals surface area (Å²) in [6.07, 6.45) is 7.54. The van der Waals surface area contributed by atoms with Crippen molar-refractivity contribution >= 4 is 15.6 Å². The molecule has 0 N–H and O–H groups in total. The number of carbonyl (C=O) groups is 1. The molecule has 0 spiro atoms. The minimum atomic E-state index is -3.23. The van der Waals surface area contributed by atoms with Crippen LogP contribution in [0.4, 0.5) is 0 Å². The number of hydrogen-bond donors (Lipinski definition) is 0. The zero-order valence-electron chi connectivity index (χ0n) is 15.0. The molecular weight excluding hydrogens is 348 g/mol. The number of Topliss-reactive ketones (excluding diaryl/α,β-unsaturated/α-hetero) is 1. The molecule has 5 heteroatoms. The van der Waals surface area contributed by atoms with E-state index in [0.29, 0.717) is 17.2 Å². The average Bonchev–Trinajstić information content (AvgIpc) is 2.66. The lowest BCUT2D eigenvalue weighted by molar-refractivity contribution is 0.0921. The first-order chi connectivity index (χ1) is 12.4. The van der Waals surface area contributed by atoms with Gasteiger partial charge in [0.05, 0.1) is 4.90 Å². The number of ketones is 1. The van der Waals surface area contributed by atoms with Crippen molar-refractivity contribution in [3.63, 3.8) is 0 Å². The fourth-order valence-corrected chi connectivity index (χ4v) is 4.02. The highest BCUT2D eigenvalue weighted by Gasteiger charge is 2.16. The van der Waals surface area contributed by atoms with Gasteiger partial charge in [0.15, 0.2) is 22.2 Å². The van der Waals surface area contributed by atoms with Gasteiger partial charge in [-0.15, -0.1) is 0 Å². The molecule has 26 heavy (non-hydrogen) atoms. The second-order valence-corrected chi connectivity index (χ2v) is 8.93. The van der Waals surface area contributed by atoms with Crippen molar-refractivity contribution in [2.75, 3.05) is 12.9 Å². The van der Waals surface area contributed by atoms with Gasteiger partial charge < -0.3 is 4.74 Å². The first kappa shape index (κ1) is 18.6. The molecular formula is C21H24O4S. The molecule has 3 rings (SSSR count). The lowest BCUT2D eigenvalue weighted by atomic mass is 9.84. The van der Waals surface area contributed by atoms with Crippen LogP contribution < -0.4 is 4.74 Å². The van der Waals surface area contributed by atoms with Gasteiger partial charge in [-0.25, -0.2) is 8.42 Å². The van der Waals surface area contributed by atoms with Crippen LogP contribution in [0.5, 0.6) is 5.75 Å². The first-order valence-corrected chi connectivity index (χ1v) is 10.9. The molecule has 1 fully saturated rings. The highest BCUT2D eigenvalue weighted by molar-refractivity contribution is 7.90. The van der Waals surface area contributed by atoms with E-state index in [1.54, 1.807) is 12.1 Å². The maximum atomic E-state index is 12.3. The molecule has 138 valence electrons. The van der Waals surface area contributed by atoms with E-state index in [4.69, 9.17) is 4.74 Å². The highest BCUT2D eigenvalue weighted by atomic mass is 32.2. The molecule has 0 radical (unpaired) electrons. The van der Waals surface area contributed by atoms with Crippen molar-refractivity contribution in [1.29, 1.82) is 0 Å². The number of carbonyl (C=O) groups excluding carboxylic acids is 1. The number of sulfone groups is 1. The fourth-order valence-electron chi connectivity index (χ4n) is 3.39. The van der Waals surface area contributed by atoms with Crippen molar-refractivity contribution < 1.29 is 17.9 Å². The van der Waals surface area contributed by atoms with E-state index in [2.05, 4.69) is 12.1 Å². The maximum absolute atomic E-state index is 12.3. The van der Waals surface area contributed by atoms with Crippen LogP contribution in [0.2, 0.25) is 0 Å².